The molecule has 0 atom stereocenters. The number of hydrogen-bond donors (Lipinski definition) is 2. The van der Waals surface area contributed by atoms with Crippen molar-refractivity contribution < 1.29 is 17.8 Å². The topological polar surface area (TPSA) is 117 Å². The van der Waals surface area contributed by atoms with Gasteiger partial charge >= 0.3 is 0 Å². The van der Waals surface area contributed by atoms with Gasteiger partial charge in [-0.15, -0.1) is 0 Å². The van der Waals surface area contributed by atoms with E-state index in [1.165, 1.54) is 17.0 Å². The molecule has 0 fully saturated rings. The van der Waals surface area contributed by atoms with Gasteiger partial charge in [-0.2, -0.15) is 0 Å². The number of sulfonamides is 1. The van der Waals surface area contributed by atoms with Gasteiger partial charge in [0, 0.05) is 31.4 Å². The first-order valence-corrected chi connectivity index (χ1v) is 9.51. The number of hydrogen-bond acceptors (Lipinski definition) is 7. The Morgan fingerprint density at radius 1 is 1.27 bits per heavy atom. The van der Waals surface area contributed by atoms with E-state index in [-0.39, 0.29) is 29.0 Å². The van der Waals surface area contributed by atoms with Gasteiger partial charge in [0.25, 0.3) is 5.91 Å². The summed E-state index contributed by atoms with van der Waals surface area (Å²) >= 11 is 0. The van der Waals surface area contributed by atoms with Crippen molar-refractivity contribution in [1.82, 2.24) is 19.9 Å². The van der Waals surface area contributed by atoms with Crippen molar-refractivity contribution >= 4 is 21.6 Å². The molecule has 2 N–H and O–H groups in total. The second-order valence-electron chi connectivity index (χ2n) is 6.23. The summed E-state index contributed by atoms with van der Waals surface area (Å²) in [4.78, 5) is 14.2. The first kappa shape index (κ1) is 19.9. The van der Waals surface area contributed by atoms with E-state index in [4.69, 9.17) is 0 Å². The Morgan fingerprint density at radius 3 is 2.50 bits per heavy atom. The smallest absolute Gasteiger partial charge is 0.254 e. The zero-order valence-electron chi connectivity index (χ0n) is 15.4. The van der Waals surface area contributed by atoms with E-state index >= 15 is 0 Å². The van der Waals surface area contributed by atoms with Gasteiger partial charge in [-0.1, -0.05) is 10.3 Å². The first-order chi connectivity index (χ1) is 12.1. The fourth-order valence-corrected chi connectivity index (χ4v) is 3.63. The molecule has 0 saturated carbocycles. The summed E-state index contributed by atoms with van der Waals surface area (Å²) in [6, 6.07) is 4.18. The fourth-order valence-electron chi connectivity index (χ4n) is 2.31. The Bertz CT molecular complexity index is 892. The highest BCUT2D eigenvalue weighted by Gasteiger charge is 2.21. The molecular formula is C16H23N5O4S. The van der Waals surface area contributed by atoms with Crippen LogP contribution in [0.5, 0.6) is 0 Å². The van der Waals surface area contributed by atoms with Crippen LogP contribution in [0.2, 0.25) is 0 Å². The molecule has 9 nitrogen and oxygen atoms in total. The van der Waals surface area contributed by atoms with Crippen molar-refractivity contribution in [2.45, 2.75) is 38.3 Å². The quantitative estimate of drug-likeness (QED) is 0.744. The van der Waals surface area contributed by atoms with Crippen LogP contribution in [0, 0.1) is 6.92 Å². The number of amides is 1. The monoisotopic (exact) mass is 381 g/mol. The van der Waals surface area contributed by atoms with Crippen molar-refractivity contribution in [3.63, 3.8) is 0 Å². The van der Waals surface area contributed by atoms with Gasteiger partial charge in [-0.05, 0) is 39.0 Å². The van der Waals surface area contributed by atoms with E-state index in [1.54, 1.807) is 40.9 Å². The van der Waals surface area contributed by atoms with Gasteiger partial charge in [0.05, 0.1) is 11.4 Å². The molecule has 0 radical (unpaired) electrons. The molecule has 1 amide bonds. The Hall–Kier alpha value is -2.46. The lowest BCUT2D eigenvalue weighted by Crippen LogP contribution is -2.31. The van der Waals surface area contributed by atoms with Crippen LogP contribution in [-0.4, -0.2) is 49.7 Å². The lowest BCUT2D eigenvalue weighted by Gasteiger charge is -2.18. The van der Waals surface area contributed by atoms with Gasteiger partial charge in [0.15, 0.2) is 0 Å². The van der Waals surface area contributed by atoms with E-state index in [0.29, 0.717) is 17.1 Å². The number of anilines is 1. The number of carbonyl (C=O) groups is 1. The van der Waals surface area contributed by atoms with Crippen molar-refractivity contribution in [2.24, 2.45) is 0 Å². The van der Waals surface area contributed by atoms with Crippen molar-refractivity contribution in [1.29, 1.82) is 0 Å². The second kappa shape index (κ2) is 7.83. The fraction of sp³-hybridized carbons (Fsp3) is 0.438. The Labute approximate surface area is 152 Å². The molecule has 0 saturated heterocycles. The third kappa shape index (κ3) is 4.58. The molecule has 2 aromatic rings. The van der Waals surface area contributed by atoms with E-state index in [2.05, 4.69) is 25.0 Å². The average Bonchev–Trinajstić information content (AvgIpc) is 2.97. The van der Waals surface area contributed by atoms with E-state index < -0.39 is 10.0 Å². The maximum absolute atomic E-state index is 12.8. The minimum Gasteiger partial charge on any atom is -0.388 e. The largest absolute Gasteiger partial charge is 0.388 e. The number of carbonyl (C=O) groups excluding carboxylic acids is 1. The summed E-state index contributed by atoms with van der Waals surface area (Å²) in [5.41, 5.74) is 1.91. The summed E-state index contributed by atoms with van der Waals surface area (Å²) in [5.74, 6) is -0.342. The first-order valence-electron chi connectivity index (χ1n) is 8.02. The Morgan fingerprint density at radius 2 is 1.96 bits per heavy atom. The highest BCUT2D eigenvalue weighted by Crippen LogP contribution is 2.21. The summed E-state index contributed by atoms with van der Waals surface area (Å²) in [7, 11) is -0.472. The molecule has 2 rings (SSSR count). The SMILES string of the molecule is CNc1cc(C(=O)N(C)Cc2nonc2C)cc(S(=O)(=O)NC(C)C)c1. The normalized spacial score (nSPS) is 11.6. The molecule has 26 heavy (non-hydrogen) atoms. The van der Waals surface area contributed by atoms with E-state index in [9.17, 15) is 13.2 Å². The van der Waals surface area contributed by atoms with Gasteiger partial charge in [0.2, 0.25) is 10.0 Å². The maximum Gasteiger partial charge on any atom is 0.254 e. The lowest BCUT2D eigenvalue weighted by atomic mass is 10.1. The predicted octanol–water partition coefficient (Wildman–Crippen LogP) is 1.38. The van der Waals surface area contributed by atoms with E-state index in [1.807, 2.05) is 0 Å². The van der Waals surface area contributed by atoms with Crippen LogP contribution in [0.25, 0.3) is 0 Å². The highest BCUT2D eigenvalue weighted by atomic mass is 32.2. The molecule has 0 aliphatic rings. The maximum atomic E-state index is 12.8. The van der Waals surface area contributed by atoms with Crippen molar-refractivity contribution in [3.05, 3.63) is 35.2 Å². The summed E-state index contributed by atoms with van der Waals surface area (Å²) in [6.07, 6.45) is 0. The predicted molar refractivity (Wildman–Crippen MR) is 96.3 cm³/mol. The third-order valence-electron chi connectivity index (χ3n) is 3.62. The van der Waals surface area contributed by atoms with Crippen LogP contribution in [-0.2, 0) is 16.6 Å². The molecule has 0 unspecified atom stereocenters. The molecular weight excluding hydrogens is 358 g/mol. The molecule has 1 aromatic heterocycles. The van der Waals surface area contributed by atoms with Crippen LogP contribution in [0.4, 0.5) is 5.69 Å². The Kier molecular flexibility index (Phi) is 5.98. The number of aromatic nitrogens is 2. The molecule has 0 aliphatic heterocycles. The number of benzene rings is 1. The average molecular weight is 381 g/mol. The van der Waals surface area contributed by atoms with Crippen LogP contribution < -0.4 is 10.0 Å². The molecule has 1 heterocycles. The van der Waals surface area contributed by atoms with Gasteiger partial charge in [0.1, 0.15) is 11.4 Å². The summed E-state index contributed by atoms with van der Waals surface area (Å²) < 4.78 is 32.1. The third-order valence-corrected chi connectivity index (χ3v) is 5.26. The zero-order chi connectivity index (χ0) is 19.5. The van der Waals surface area contributed by atoms with Gasteiger partial charge in [-0.3, -0.25) is 4.79 Å². The van der Waals surface area contributed by atoms with Crippen LogP contribution in [0.15, 0.2) is 27.7 Å². The summed E-state index contributed by atoms with van der Waals surface area (Å²) in [5, 5.41) is 10.3. The number of aryl methyl sites for hydroxylation is 1. The molecule has 10 heteroatoms. The van der Waals surface area contributed by atoms with Gasteiger partial charge in [-0.25, -0.2) is 17.8 Å². The lowest BCUT2D eigenvalue weighted by molar-refractivity contribution is 0.0781. The molecule has 142 valence electrons. The second-order valence-corrected chi connectivity index (χ2v) is 7.94. The van der Waals surface area contributed by atoms with Crippen LogP contribution >= 0.6 is 0 Å². The molecule has 0 aliphatic carbocycles. The molecule has 0 bridgehead atoms. The van der Waals surface area contributed by atoms with Crippen molar-refractivity contribution in [2.75, 3.05) is 19.4 Å². The number of nitrogens with one attached hydrogen (secondary N) is 2. The minimum atomic E-state index is -3.73. The standard InChI is InChI=1S/C16H23N5O4S/c1-10(2)20-26(23,24)14-7-12(6-13(8-14)17-4)16(22)21(5)9-15-11(3)18-25-19-15/h6-8,10,17,20H,9H2,1-5H3. The Balaban J connectivity index is 2.34. The van der Waals surface area contributed by atoms with Crippen LogP contribution in [0.3, 0.4) is 0 Å². The molecule has 1 aromatic carbocycles. The van der Waals surface area contributed by atoms with Crippen LogP contribution in [0.1, 0.15) is 35.6 Å². The minimum absolute atomic E-state index is 0.0223. The number of nitrogens with zero attached hydrogens (tertiary/aromatic N) is 3. The summed E-state index contributed by atoms with van der Waals surface area (Å²) in [6.45, 7) is 5.39. The highest BCUT2D eigenvalue weighted by molar-refractivity contribution is 7.89. The number of rotatable bonds is 7. The van der Waals surface area contributed by atoms with E-state index in [0.717, 1.165) is 0 Å². The molecule has 0 spiro atoms. The van der Waals surface area contributed by atoms with Gasteiger partial charge < -0.3 is 10.2 Å². The van der Waals surface area contributed by atoms with Crippen molar-refractivity contribution in [3.8, 4) is 0 Å². The zero-order valence-corrected chi connectivity index (χ0v) is 16.2.